The largest absolute Gasteiger partial charge is 0.456 e. The second-order valence-electron chi connectivity index (χ2n) is 11.2. The fourth-order valence-electron chi connectivity index (χ4n) is 6.66. The van der Waals surface area contributed by atoms with Crippen molar-refractivity contribution in [2.24, 2.45) is 0 Å². The van der Waals surface area contributed by atoms with Crippen LogP contribution in [0.4, 0.5) is 11.4 Å². The van der Waals surface area contributed by atoms with Crippen LogP contribution in [0.5, 0.6) is 0 Å². The molecule has 0 saturated heterocycles. The van der Waals surface area contributed by atoms with E-state index in [0.29, 0.717) is 0 Å². The van der Waals surface area contributed by atoms with Gasteiger partial charge in [0.25, 0.3) is 0 Å². The maximum absolute atomic E-state index is 6.18. The molecule has 0 N–H and O–H groups in total. The van der Waals surface area contributed by atoms with Crippen molar-refractivity contribution in [2.75, 3.05) is 4.90 Å². The molecule has 2 heterocycles. The van der Waals surface area contributed by atoms with Crippen molar-refractivity contribution in [3.8, 4) is 11.1 Å². The van der Waals surface area contributed by atoms with Crippen LogP contribution in [0.2, 0.25) is 0 Å². The standard InChI is InChI=1S/C40H27NOS/c1-2-9-29(10-3-1)41(34-13-8-16-38-40(34)32-12-5-7-15-37(32)43-38)30-22-19-26(20-23-30)28-18-17-27-21-24-36-39(33(27)25-28)31-11-4-6-14-35(31)42-36/h2,4-25H,1,3H2. The second-order valence-corrected chi connectivity index (χ2v) is 12.3. The Morgan fingerprint density at radius 3 is 2.26 bits per heavy atom. The molecule has 0 spiro atoms. The summed E-state index contributed by atoms with van der Waals surface area (Å²) in [4.78, 5) is 2.43. The molecule has 3 heteroatoms. The molecule has 2 aromatic heterocycles. The normalized spacial score (nSPS) is 13.4. The Labute approximate surface area is 253 Å². The molecule has 0 atom stereocenters. The Kier molecular flexibility index (Phi) is 5.53. The van der Waals surface area contributed by atoms with E-state index in [1.807, 2.05) is 23.5 Å². The van der Waals surface area contributed by atoms with Crippen molar-refractivity contribution in [1.29, 1.82) is 0 Å². The van der Waals surface area contributed by atoms with Crippen molar-refractivity contribution < 1.29 is 4.42 Å². The molecule has 0 radical (unpaired) electrons. The van der Waals surface area contributed by atoms with E-state index in [4.69, 9.17) is 4.42 Å². The van der Waals surface area contributed by atoms with Crippen LogP contribution >= 0.6 is 11.3 Å². The van der Waals surface area contributed by atoms with Gasteiger partial charge in [0.1, 0.15) is 11.2 Å². The van der Waals surface area contributed by atoms with Crippen LogP contribution in [0.3, 0.4) is 0 Å². The molecule has 2 nitrogen and oxygen atoms in total. The van der Waals surface area contributed by atoms with Gasteiger partial charge in [-0.25, -0.2) is 0 Å². The summed E-state index contributed by atoms with van der Waals surface area (Å²) >= 11 is 1.87. The van der Waals surface area contributed by atoms with E-state index in [0.717, 1.165) is 35.1 Å². The maximum atomic E-state index is 6.18. The van der Waals surface area contributed by atoms with Gasteiger partial charge < -0.3 is 9.32 Å². The molecular weight excluding hydrogens is 543 g/mol. The van der Waals surface area contributed by atoms with E-state index >= 15 is 0 Å². The van der Waals surface area contributed by atoms with Crippen LogP contribution in [0, 0.1) is 0 Å². The zero-order valence-corrected chi connectivity index (χ0v) is 24.3. The molecular formula is C40H27NOS. The molecule has 43 heavy (non-hydrogen) atoms. The van der Waals surface area contributed by atoms with Crippen LogP contribution in [0.1, 0.15) is 12.8 Å². The number of rotatable bonds is 4. The number of benzene rings is 6. The second kappa shape index (κ2) is 9.72. The Hall–Kier alpha value is -5.12. The molecule has 0 fully saturated rings. The molecule has 9 rings (SSSR count). The van der Waals surface area contributed by atoms with Crippen molar-refractivity contribution >= 4 is 75.6 Å². The number of thiophene rings is 1. The zero-order chi connectivity index (χ0) is 28.3. The van der Waals surface area contributed by atoms with Crippen molar-refractivity contribution in [3.05, 3.63) is 145 Å². The third kappa shape index (κ3) is 3.93. The average Bonchev–Trinajstić information content (AvgIpc) is 3.65. The van der Waals surface area contributed by atoms with Crippen LogP contribution in [-0.2, 0) is 0 Å². The first-order valence-electron chi connectivity index (χ1n) is 14.8. The first-order chi connectivity index (χ1) is 21.3. The quantitative estimate of drug-likeness (QED) is 0.210. The average molecular weight is 570 g/mol. The summed E-state index contributed by atoms with van der Waals surface area (Å²) in [6.07, 6.45) is 9.07. The summed E-state index contributed by atoms with van der Waals surface area (Å²) in [6, 6.07) is 43.9. The molecule has 204 valence electrons. The zero-order valence-electron chi connectivity index (χ0n) is 23.5. The van der Waals surface area contributed by atoms with Gasteiger partial charge >= 0.3 is 0 Å². The monoisotopic (exact) mass is 569 g/mol. The van der Waals surface area contributed by atoms with Gasteiger partial charge in [0.15, 0.2) is 0 Å². The molecule has 0 amide bonds. The van der Waals surface area contributed by atoms with Gasteiger partial charge in [-0.1, -0.05) is 84.9 Å². The fourth-order valence-corrected chi connectivity index (χ4v) is 7.79. The fraction of sp³-hybridized carbons (Fsp3) is 0.0500. The third-order valence-corrected chi connectivity index (χ3v) is 9.81. The number of allylic oxidation sites excluding steroid dienone is 3. The van der Waals surface area contributed by atoms with E-state index in [1.165, 1.54) is 58.8 Å². The minimum atomic E-state index is 0.930. The number of hydrogen-bond donors (Lipinski definition) is 0. The highest BCUT2D eigenvalue weighted by atomic mass is 32.1. The number of furan rings is 1. The lowest BCUT2D eigenvalue weighted by Gasteiger charge is -2.28. The van der Waals surface area contributed by atoms with Crippen LogP contribution in [0.15, 0.2) is 150 Å². The van der Waals surface area contributed by atoms with Gasteiger partial charge in [-0.2, -0.15) is 0 Å². The van der Waals surface area contributed by atoms with Crippen LogP contribution in [0.25, 0.3) is 64.0 Å². The number of para-hydroxylation sites is 1. The van der Waals surface area contributed by atoms with Crippen molar-refractivity contribution in [2.45, 2.75) is 12.8 Å². The molecule has 0 aliphatic heterocycles. The predicted octanol–water partition coefficient (Wildman–Crippen LogP) is 12.1. The summed E-state index contributed by atoms with van der Waals surface area (Å²) in [7, 11) is 0. The third-order valence-electron chi connectivity index (χ3n) is 8.67. The Balaban J connectivity index is 1.19. The van der Waals surface area contributed by atoms with Crippen molar-refractivity contribution in [3.63, 3.8) is 0 Å². The van der Waals surface area contributed by atoms with E-state index < -0.39 is 0 Å². The molecule has 0 unspecified atom stereocenters. The molecule has 8 aromatic rings. The number of hydrogen-bond acceptors (Lipinski definition) is 3. The summed E-state index contributed by atoms with van der Waals surface area (Å²) in [6.45, 7) is 0. The highest BCUT2D eigenvalue weighted by Crippen LogP contribution is 2.44. The Morgan fingerprint density at radius 1 is 0.581 bits per heavy atom. The van der Waals surface area contributed by atoms with E-state index in [9.17, 15) is 0 Å². The Bertz CT molecular complexity index is 2400. The van der Waals surface area contributed by atoms with E-state index in [-0.39, 0.29) is 0 Å². The topological polar surface area (TPSA) is 16.4 Å². The SMILES string of the molecule is C1=CC(N(c2ccc(-c3ccc4ccc5oc6ccccc6c5c4c3)cc2)c2cccc3sc4ccccc4c23)=CCC1. The van der Waals surface area contributed by atoms with Crippen molar-refractivity contribution in [1.82, 2.24) is 0 Å². The minimum absolute atomic E-state index is 0.930. The van der Waals surface area contributed by atoms with Gasteiger partial charge in [0.2, 0.25) is 0 Å². The van der Waals surface area contributed by atoms with E-state index in [1.54, 1.807) is 0 Å². The Morgan fingerprint density at radius 2 is 1.37 bits per heavy atom. The van der Waals surface area contributed by atoms with Crippen LogP contribution < -0.4 is 4.90 Å². The summed E-state index contributed by atoms with van der Waals surface area (Å²) in [5.74, 6) is 0. The predicted molar refractivity (Wildman–Crippen MR) is 185 cm³/mol. The van der Waals surface area contributed by atoms with E-state index in [2.05, 4.69) is 132 Å². The summed E-state index contributed by atoms with van der Waals surface area (Å²) in [5.41, 5.74) is 7.87. The maximum Gasteiger partial charge on any atom is 0.136 e. The first-order valence-corrected chi connectivity index (χ1v) is 15.6. The summed E-state index contributed by atoms with van der Waals surface area (Å²) < 4.78 is 8.82. The smallest absolute Gasteiger partial charge is 0.136 e. The van der Waals surface area contributed by atoms with Gasteiger partial charge in [-0.3, -0.25) is 0 Å². The molecule has 1 aliphatic rings. The van der Waals surface area contributed by atoms with Gasteiger partial charge in [-0.15, -0.1) is 11.3 Å². The minimum Gasteiger partial charge on any atom is -0.456 e. The number of anilines is 2. The number of fused-ring (bicyclic) bond motifs is 8. The highest BCUT2D eigenvalue weighted by Gasteiger charge is 2.20. The molecule has 1 aliphatic carbocycles. The lowest BCUT2D eigenvalue weighted by atomic mass is 9.97. The first kappa shape index (κ1) is 24.5. The van der Waals surface area contributed by atoms with Gasteiger partial charge in [0.05, 0.1) is 5.69 Å². The lowest BCUT2D eigenvalue weighted by molar-refractivity contribution is 0.669. The highest BCUT2D eigenvalue weighted by molar-refractivity contribution is 7.26. The molecule has 0 saturated carbocycles. The van der Waals surface area contributed by atoms with Gasteiger partial charge in [0, 0.05) is 42.3 Å². The summed E-state index contributed by atoms with van der Waals surface area (Å²) in [5, 5.41) is 7.42. The lowest BCUT2D eigenvalue weighted by Crippen LogP contribution is -2.16. The van der Waals surface area contributed by atoms with Gasteiger partial charge in [-0.05, 0) is 89.3 Å². The number of nitrogens with zero attached hydrogens (tertiary/aromatic N) is 1. The van der Waals surface area contributed by atoms with Crippen LogP contribution in [-0.4, -0.2) is 0 Å². The molecule has 0 bridgehead atoms. The molecule has 6 aromatic carbocycles.